The molecule has 0 bridgehead atoms. The molecule has 2 heterocycles. The molecule has 0 aliphatic carbocycles. The first-order chi connectivity index (χ1) is 16.6. The van der Waals surface area contributed by atoms with Crippen molar-refractivity contribution in [1.29, 1.82) is 0 Å². The van der Waals surface area contributed by atoms with Crippen molar-refractivity contribution in [1.82, 2.24) is 10.7 Å². The number of hydrogen-bond donors (Lipinski definition) is 5. The van der Waals surface area contributed by atoms with E-state index in [1.807, 2.05) is 78.9 Å². The molecule has 7 nitrogen and oxygen atoms in total. The Morgan fingerprint density at radius 3 is 2.59 bits per heavy atom. The Balaban J connectivity index is 1.32. The van der Waals surface area contributed by atoms with Gasteiger partial charge in [-0.2, -0.15) is 0 Å². The van der Waals surface area contributed by atoms with Gasteiger partial charge in [0.1, 0.15) is 6.17 Å². The summed E-state index contributed by atoms with van der Waals surface area (Å²) in [5, 5.41) is 7.10. The van der Waals surface area contributed by atoms with Crippen LogP contribution in [0.25, 0.3) is 10.1 Å². The van der Waals surface area contributed by atoms with E-state index in [1.165, 1.54) is 11.3 Å². The van der Waals surface area contributed by atoms with Crippen molar-refractivity contribution in [2.24, 2.45) is 5.73 Å². The first-order valence-electron chi connectivity index (χ1n) is 11.1. The Hall–Kier alpha value is -3.72. The summed E-state index contributed by atoms with van der Waals surface area (Å²) in [6.45, 7) is 0.414. The molecule has 0 saturated carbocycles. The third-order valence-electron chi connectivity index (χ3n) is 5.88. The first kappa shape index (κ1) is 22.1. The lowest BCUT2D eigenvalue weighted by Crippen LogP contribution is -2.35. The van der Waals surface area contributed by atoms with Gasteiger partial charge in [-0.1, -0.05) is 48.5 Å². The van der Waals surface area contributed by atoms with Crippen molar-refractivity contribution in [2.75, 3.05) is 17.3 Å². The van der Waals surface area contributed by atoms with E-state index in [-0.39, 0.29) is 17.7 Å². The molecular weight excluding hydrogens is 446 g/mol. The minimum absolute atomic E-state index is 0.110. The SMILES string of the molecule is NCCC(C(=O)Nc1ccc2c(c1)C(NC(=O)c1cc3ccccc3s1)NN2)c1ccccc1. The summed E-state index contributed by atoms with van der Waals surface area (Å²) in [5.41, 5.74) is 15.3. The highest BCUT2D eigenvalue weighted by molar-refractivity contribution is 7.20. The zero-order valence-electron chi connectivity index (χ0n) is 18.4. The number of amides is 2. The van der Waals surface area contributed by atoms with Crippen LogP contribution in [0.2, 0.25) is 0 Å². The van der Waals surface area contributed by atoms with Crippen molar-refractivity contribution >= 4 is 44.6 Å². The predicted molar refractivity (Wildman–Crippen MR) is 137 cm³/mol. The second-order valence-electron chi connectivity index (χ2n) is 8.16. The van der Waals surface area contributed by atoms with Crippen LogP contribution in [-0.4, -0.2) is 18.4 Å². The van der Waals surface area contributed by atoms with Crippen LogP contribution in [0.3, 0.4) is 0 Å². The molecule has 6 N–H and O–H groups in total. The van der Waals surface area contributed by atoms with E-state index < -0.39 is 6.17 Å². The number of fused-ring (bicyclic) bond motifs is 2. The zero-order valence-corrected chi connectivity index (χ0v) is 19.2. The Morgan fingerprint density at radius 1 is 1.00 bits per heavy atom. The second-order valence-corrected chi connectivity index (χ2v) is 9.24. The van der Waals surface area contributed by atoms with Gasteiger partial charge >= 0.3 is 0 Å². The molecule has 1 aliphatic heterocycles. The molecule has 0 fully saturated rings. The highest BCUT2D eigenvalue weighted by atomic mass is 32.1. The number of anilines is 2. The molecule has 2 amide bonds. The summed E-state index contributed by atoms with van der Waals surface area (Å²) in [6.07, 6.45) is 0.121. The lowest BCUT2D eigenvalue weighted by Gasteiger charge is -2.17. The molecule has 2 unspecified atom stereocenters. The number of hydrogen-bond acceptors (Lipinski definition) is 6. The third-order valence-corrected chi connectivity index (χ3v) is 6.99. The smallest absolute Gasteiger partial charge is 0.262 e. The molecular formula is C26H25N5O2S. The third kappa shape index (κ3) is 4.51. The summed E-state index contributed by atoms with van der Waals surface area (Å²) >= 11 is 1.46. The standard InChI is InChI=1S/C26H25N5O2S/c27-13-12-19(16-6-2-1-3-7-16)25(32)28-18-10-11-21-20(15-18)24(31-30-21)29-26(33)23-14-17-8-4-5-9-22(17)34-23/h1-11,14-15,19,24,30-31H,12-13,27H2,(H,28,32)(H,29,33). The second kappa shape index (κ2) is 9.64. The maximum Gasteiger partial charge on any atom is 0.262 e. The molecule has 0 saturated heterocycles. The van der Waals surface area contributed by atoms with Gasteiger partial charge in [-0.05, 0) is 54.2 Å². The summed E-state index contributed by atoms with van der Waals surface area (Å²) in [6, 6.07) is 25.1. The first-order valence-corrected chi connectivity index (χ1v) is 11.9. The lowest BCUT2D eigenvalue weighted by atomic mass is 9.94. The molecule has 172 valence electrons. The van der Waals surface area contributed by atoms with Gasteiger partial charge in [0.25, 0.3) is 5.91 Å². The van der Waals surface area contributed by atoms with Crippen LogP contribution < -0.4 is 27.2 Å². The van der Waals surface area contributed by atoms with Crippen LogP contribution in [0.5, 0.6) is 0 Å². The Bertz CT molecular complexity index is 1300. The van der Waals surface area contributed by atoms with Crippen LogP contribution in [0.15, 0.2) is 78.9 Å². The number of nitrogens with two attached hydrogens (primary N) is 1. The monoisotopic (exact) mass is 471 g/mol. The summed E-state index contributed by atoms with van der Waals surface area (Å²) in [5.74, 6) is -0.601. The molecule has 0 spiro atoms. The highest BCUT2D eigenvalue weighted by Gasteiger charge is 2.26. The lowest BCUT2D eigenvalue weighted by molar-refractivity contribution is -0.117. The zero-order chi connectivity index (χ0) is 23.5. The number of hydrazine groups is 1. The van der Waals surface area contributed by atoms with E-state index >= 15 is 0 Å². The average molecular weight is 472 g/mol. The van der Waals surface area contributed by atoms with Gasteiger partial charge in [0.2, 0.25) is 5.91 Å². The molecule has 5 rings (SSSR count). The van der Waals surface area contributed by atoms with E-state index in [0.717, 1.165) is 26.9 Å². The number of rotatable bonds is 7. The van der Waals surface area contributed by atoms with E-state index in [0.29, 0.717) is 23.5 Å². The number of thiophene rings is 1. The maximum atomic E-state index is 13.1. The fourth-order valence-electron chi connectivity index (χ4n) is 4.16. The quantitative estimate of drug-likeness (QED) is 0.276. The molecule has 4 aromatic rings. The van der Waals surface area contributed by atoms with Gasteiger partial charge in [0, 0.05) is 16.0 Å². The van der Waals surface area contributed by atoms with Crippen LogP contribution in [-0.2, 0) is 4.79 Å². The van der Waals surface area contributed by atoms with Gasteiger partial charge in [-0.25, -0.2) is 5.43 Å². The Morgan fingerprint density at radius 2 is 1.79 bits per heavy atom. The summed E-state index contributed by atoms with van der Waals surface area (Å²) in [7, 11) is 0. The van der Waals surface area contributed by atoms with Crippen molar-refractivity contribution in [3.05, 3.63) is 94.9 Å². The van der Waals surface area contributed by atoms with Crippen molar-refractivity contribution in [3.8, 4) is 0 Å². The number of carbonyl (C=O) groups is 2. The van der Waals surface area contributed by atoms with Gasteiger partial charge in [0.15, 0.2) is 0 Å². The van der Waals surface area contributed by atoms with Crippen LogP contribution >= 0.6 is 11.3 Å². The van der Waals surface area contributed by atoms with Gasteiger partial charge in [0.05, 0.1) is 16.5 Å². The fourth-order valence-corrected chi connectivity index (χ4v) is 5.13. The highest BCUT2D eigenvalue weighted by Crippen LogP contribution is 2.31. The van der Waals surface area contributed by atoms with Crippen molar-refractivity contribution in [2.45, 2.75) is 18.5 Å². The van der Waals surface area contributed by atoms with Gasteiger partial charge in [-0.15, -0.1) is 11.3 Å². The largest absolute Gasteiger partial charge is 0.330 e. The van der Waals surface area contributed by atoms with E-state index in [4.69, 9.17) is 5.73 Å². The molecule has 2 atom stereocenters. The van der Waals surface area contributed by atoms with Crippen LogP contribution in [0.4, 0.5) is 11.4 Å². The number of benzene rings is 3. The average Bonchev–Trinajstić information content (AvgIpc) is 3.47. The predicted octanol–water partition coefficient (Wildman–Crippen LogP) is 4.33. The normalized spacial score (nSPS) is 15.4. The van der Waals surface area contributed by atoms with Crippen molar-refractivity contribution < 1.29 is 9.59 Å². The molecule has 1 aromatic heterocycles. The topological polar surface area (TPSA) is 108 Å². The van der Waals surface area contributed by atoms with Crippen molar-refractivity contribution in [3.63, 3.8) is 0 Å². The molecule has 0 radical (unpaired) electrons. The minimum atomic E-state index is -0.432. The Kier molecular flexibility index (Phi) is 6.27. The van der Waals surface area contributed by atoms with E-state index in [9.17, 15) is 9.59 Å². The van der Waals surface area contributed by atoms with Gasteiger partial charge in [-0.3, -0.25) is 9.59 Å². The summed E-state index contributed by atoms with van der Waals surface area (Å²) < 4.78 is 1.07. The van der Waals surface area contributed by atoms with Crippen LogP contribution in [0, 0.1) is 0 Å². The number of carbonyl (C=O) groups excluding carboxylic acids is 2. The molecule has 34 heavy (non-hydrogen) atoms. The number of nitrogens with one attached hydrogen (secondary N) is 4. The van der Waals surface area contributed by atoms with Crippen LogP contribution in [0.1, 0.15) is 39.3 Å². The molecule has 1 aliphatic rings. The van der Waals surface area contributed by atoms with Gasteiger partial charge < -0.3 is 21.8 Å². The van der Waals surface area contributed by atoms with E-state index in [1.54, 1.807) is 0 Å². The molecule has 8 heteroatoms. The minimum Gasteiger partial charge on any atom is -0.330 e. The maximum absolute atomic E-state index is 13.1. The Labute approximate surface area is 201 Å². The van der Waals surface area contributed by atoms with E-state index in [2.05, 4.69) is 21.5 Å². The fraction of sp³-hybridized carbons (Fsp3) is 0.154. The molecule has 3 aromatic carbocycles. The summed E-state index contributed by atoms with van der Waals surface area (Å²) in [4.78, 5) is 26.6.